The van der Waals surface area contributed by atoms with Gasteiger partial charge in [-0.15, -0.1) is 0 Å². The van der Waals surface area contributed by atoms with Gasteiger partial charge in [-0.3, -0.25) is 4.68 Å². The van der Waals surface area contributed by atoms with Gasteiger partial charge in [0, 0.05) is 6.04 Å². The van der Waals surface area contributed by atoms with E-state index in [1.807, 2.05) is 0 Å². The molecule has 1 N–H and O–H groups in total. The van der Waals surface area contributed by atoms with Crippen molar-refractivity contribution in [3.05, 3.63) is 16.9 Å². The topological polar surface area (TPSA) is 29.9 Å². The van der Waals surface area contributed by atoms with Gasteiger partial charge in [0.15, 0.2) is 0 Å². The molecular formula is C16H28ClN3. The molecule has 0 spiro atoms. The summed E-state index contributed by atoms with van der Waals surface area (Å²) in [7, 11) is 0. The van der Waals surface area contributed by atoms with Crippen molar-refractivity contribution in [1.82, 2.24) is 15.1 Å². The molecule has 114 valence electrons. The van der Waals surface area contributed by atoms with Crippen molar-refractivity contribution in [3.8, 4) is 0 Å². The highest BCUT2D eigenvalue weighted by Gasteiger charge is 2.67. The van der Waals surface area contributed by atoms with Crippen molar-refractivity contribution in [2.45, 2.75) is 60.5 Å². The van der Waals surface area contributed by atoms with Gasteiger partial charge in [0.05, 0.1) is 23.0 Å². The first-order chi connectivity index (χ1) is 9.16. The Hall–Kier alpha value is -0.540. The first kappa shape index (κ1) is 15.8. The highest BCUT2D eigenvalue weighted by atomic mass is 35.5. The number of hydrogen-bond donors (Lipinski definition) is 1. The van der Waals surface area contributed by atoms with Crippen molar-refractivity contribution in [2.24, 2.45) is 16.7 Å². The monoisotopic (exact) mass is 297 g/mol. The summed E-state index contributed by atoms with van der Waals surface area (Å²) >= 11 is 6.45. The third kappa shape index (κ3) is 2.19. The highest BCUT2D eigenvalue weighted by Crippen LogP contribution is 2.72. The maximum Gasteiger partial charge on any atom is 0.0834 e. The molecule has 0 aromatic carbocycles. The lowest BCUT2D eigenvalue weighted by Crippen LogP contribution is -2.28. The SMILES string of the molecule is CCNC(c1c(Cl)cnn1C(C)C)C1C(C)(C)C1(C)C. The minimum atomic E-state index is 0.266. The Morgan fingerprint density at radius 2 is 1.85 bits per heavy atom. The van der Waals surface area contributed by atoms with E-state index in [1.165, 1.54) is 0 Å². The largest absolute Gasteiger partial charge is 0.309 e. The van der Waals surface area contributed by atoms with E-state index >= 15 is 0 Å². The molecule has 1 aliphatic carbocycles. The van der Waals surface area contributed by atoms with E-state index < -0.39 is 0 Å². The van der Waals surface area contributed by atoms with Crippen LogP contribution >= 0.6 is 11.6 Å². The fourth-order valence-corrected chi connectivity index (χ4v) is 3.97. The zero-order valence-corrected chi connectivity index (χ0v) is 14.5. The summed E-state index contributed by atoms with van der Waals surface area (Å²) in [6.07, 6.45) is 1.78. The fourth-order valence-electron chi connectivity index (χ4n) is 3.73. The average molecular weight is 298 g/mol. The second-order valence-corrected chi connectivity index (χ2v) is 7.78. The van der Waals surface area contributed by atoms with Crippen LogP contribution in [0.15, 0.2) is 6.20 Å². The molecule has 1 aliphatic rings. The Morgan fingerprint density at radius 1 is 1.30 bits per heavy atom. The second kappa shape index (κ2) is 5.03. The normalized spacial score (nSPS) is 22.2. The summed E-state index contributed by atoms with van der Waals surface area (Å²) in [4.78, 5) is 0. The van der Waals surface area contributed by atoms with Crippen LogP contribution in [0.2, 0.25) is 5.02 Å². The smallest absolute Gasteiger partial charge is 0.0834 e. The Kier molecular flexibility index (Phi) is 3.98. The van der Waals surface area contributed by atoms with E-state index in [1.54, 1.807) is 6.20 Å². The van der Waals surface area contributed by atoms with Crippen LogP contribution in [0.5, 0.6) is 0 Å². The van der Waals surface area contributed by atoms with E-state index in [4.69, 9.17) is 11.6 Å². The Labute approximate surface area is 128 Å². The zero-order chi connectivity index (χ0) is 15.3. The number of halogens is 1. The number of nitrogens with zero attached hydrogens (tertiary/aromatic N) is 2. The molecule has 4 heteroatoms. The van der Waals surface area contributed by atoms with Crippen LogP contribution in [0, 0.1) is 16.7 Å². The highest BCUT2D eigenvalue weighted by molar-refractivity contribution is 6.31. The molecule has 20 heavy (non-hydrogen) atoms. The Bertz CT molecular complexity index is 474. The molecule has 1 atom stereocenters. The van der Waals surface area contributed by atoms with E-state index in [9.17, 15) is 0 Å². The predicted molar refractivity (Wildman–Crippen MR) is 85.1 cm³/mol. The Morgan fingerprint density at radius 3 is 2.25 bits per heavy atom. The molecule has 3 nitrogen and oxygen atoms in total. The second-order valence-electron chi connectivity index (χ2n) is 7.37. The van der Waals surface area contributed by atoms with Crippen molar-refractivity contribution >= 4 is 11.6 Å². The van der Waals surface area contributed by atoms with Gasteiger partial charge >= 0.3 is 0 Å². The van der Waals surface area contributed by atoms with E-state index in [0.29, 0.717) is 22.8 Å². The Balaban J connectivity index is 2.44. The summed E-state index contributed by atoms with van der Waals surface area (Å²) in [6, 6.07) is 0.589. The van der Waals surface area contributed by atoms with Crippen molar-refractivity contribution in [1.29, 1.82) is 0 Å². The van der Waals surface area contributed by atoms with Crippen molar-refractivity contribution in [2.75, 3.05) is 6.54 Å². The molecule has 0 bridgehead atoms. The summed E-state index contributed by atoms with van der Waals surface area (Å²) < 4.78 is 2.07. The van der Waals surface area contributed by atoms with Gasteiger partial charge in [-0.2, -0.15) is 5.10 Å². The van der Waals surface area contributed by atoms with E-state index in [2.05, 4.69) is 63.6 Å². The molecule has 1 aromatic rings. The van der Waals surface area contributed by atoms with Gasteiger partial charge in [-0.1, -0.05) is 46.2 Å². The van der Waals surface area contributed by atoms with Crippen LogP contribution in [-0.2, 0) is 0 Å². The molecule has 1 fully saturated rings. The molecule has 2 rings (SSSR count). The average Bonchev–Trinajstić information content (AvgIpc) is 2.61. The molecule has 1 unspecified atom stereocenters. The number of rotatable bonds is 5. The molecule has 0 aliphatic heterocycles. The first-order valence-electron chi connectivity index (χ1n) is 7.62. The minimum Gasteiger partial charge on any atom is -0.309 e. The fraction of sp³-hybridized carbons (Fsp3) is 0.812. The van der Waals surface area contributed by atoms with Crippen LogP contribution in [0.25, 0.3) is 0 Å². The van der Waals surface area contributed by atoms with Crippen molar-refractivity contribution < 1.29 is 0 Å². The molecule has 0 radical (unpaired) electrons. The standard InChI is InChI=1S/C16H28ClN3/c1-8-18-12(14-15(4,5)16(14,6)7)13-11(17)9-19-20(13)10(2)3/h9-10,12,14,18H,8H2,1-7H3. The van der Waals surface area contributed by atoms with Gasteiger partial charge in [0.2, 0.25) is 0 Å². The first-order valence-corrected chi connectivity index (χ1v) is 8.00. The van der Waals surface area contributed by atoms with Crippen molar-refractivity contribution in [3.63, 3.8) is 0 Å². The summed E-state index contributed by atoms with van der Waals surface area (Å²) in [5.41, 5.74) is 1.77. The van der Waals surface area contributed by atoms with Crippen LogP contribution in [0.1, 0.15) is 66.2 Å². The van der Waals surface area contributed by atoms with Crippen LogP contribution in [-0.4, -0.2) is 16.3 Å². The summed E-state index contributed by atoms with van der Waals surface area (Å²) in [5, 5.41) is 8.90. The number of aromatic nitrogens is 2. The molecule has 1 aromatic heterocycles. The van der Waals surface area contributed by atoms with Crippen LogP contribution in [0.4, 0.5) is 0 Å². The molecule has 1 heterocycles. The molecule has 1 saturated carbocycles. The predicted octanol–water partition coefficient (Wildman–Crippen LogP) is 4.45. The van der Waals surface area contributed by atoms with Crippen LogP contribution in [0.3, 0.4) is 0 Å². The maximum atomic E-state index is 6.45. The quantitative estimate of drug-likeness (QED) is 0.870. The lowest BCUT2D eigenvalue weighted by molar-refractivity contribution is 0.376. The van der Waals surface area contributed by atoms with Gasteiger partial charge in [-0.05, 0) is 37.1 Å². The maximum absolute atomic E-state index is 6.45. The van der Waals surface area contributed by atoms with Gasteiger partial charge in [-0.25, -0.2) is 0 Å². The minimum absolute atomic E-state index is 0.266. The zero-order valence-electron chi connectivity index (χ0n) is 13.8. The molecule has 0 amide bonds. The van der Waals surface area contributed by atoms with Gasteiger partial charge in [0.25, 0.3) is 0 Å². The third-order valence-corrected chi connectivity index (χ3v) is 5.75. The lowest BCUT2D eigenvalue weighted by atomic mass is 10.0. The van der Waals surface area contributed by atoms with Crippen LogP contribution < -0.4 is 5.32 Å². The number of nitrogens with one attached hydrogen (secondary N) is 1. The van der Waals surface area contributed by atoms with Gasteiger partial charge < -0.3 is 5.32 Å². The van der Waals surface area contributed by atoms with Gasteiger partial charge in [0.1, 0.15) is 0 Å². The number of hydrogen-bond acceptors (Lipinski definition) is 2. The summed E-state index contributed by atoms with van der Waals surface area (Å²) in [6.45, 7) is 16.8. The molecular weight excluding hydrogens is 270 g/mol. The lowest BCUT2D eigenvalue weighted by Gasteiger charge is -2.23. The van der Waals surface area contributed by atoms with E-state index in [0.717, 1.165) is 17.3 Å². The third-order valence-electron chi connectivity index (χ3n) is 5.46. The van der Waals surface area contributed by atoms with E-state index in [-0.39, 0.29) is 6.04 Å². The summed E-state index contributed by atoms with van der Waals surface area (Å²) in [5.74, 6) is 0.571. The molecule has 0 saturated heterocycles.